The maximum Gasteiger partial charge on any atom is 0.272 e. The van der Waals surface area contributed by atoms with Gasteiger partial charge in [0, 0.05) is 29.6 Å². The first-order chi connectivity index (χ1) is 17.4. The Morgan fingerprint density at radius 3 is 2.72 bits per heavy atom. The van der Waals surface area contributed by atoms with Gasteiger partial charge in [0.2, 0.25) is 0 Å². The summed E-state index contributed by atoms with van der Waals surface area (Å²) in [6.45, 7) is 6.76. The lowest BCUT2D eigenvalue weighted by atomic mass is 9.97. The maximum atomic E-state index is 13.0. The molecule has 1 saturated heterocycles. The highest BCUT2D eigenvalue weighted by Gasteiger charge is 2.19. The van der Waals surface area contributed by atoms with Crippen LogP contribution in [0.4, 0.5) is 11.4 Å². The fourth-order valence-corrected chi connectivity index (χ4v) is 4.45. The smallest absolute Gasteiger partial charge is 0.272 e. The molecule has 8 nitrogen and oxygen atoms in total. The maximum absolute atomic E-state index is 13.0. The molecular weight excluding hydrogens is 452 g/mol. The summed E-state index contributed by atoms with van der Waals surface area (Å²) in [7, 11) is 3.73. The highest BCUT2D eigenvalue weighted by molar-refractivity contribution is 6.00. The van der Waals surface area contributed by atoms with E-state index in [0.717, 1.165) is 48.0 Å². The number of anilines is 2. The summed E-state index contributed by atoms with van der Waals surface area (Å²) in [5.74, 6) is 0.866. The van der Waals surface area contributed by atoms with E-state index >= 15 is 0 Å². The molecule has 1 aromatic heterocycles. The lowest BCUT2D eigenvalue weighted by molar-refractivity contribution is 0.0935. The molecule has 2 heterocycles. The van der Waals surface area contributed by atoms with Gasteiger partial charge in [0.1, 0.15) is 5.75 Å². The van der Waals surface area contributed by atoms with Gasteiger partial charge in [0.05, 0.1) is 30.2 Å². The molecule has 1 amide bonds. The molecule has 4 N–H and O–H groups in total. The van der Waals surface area contributed by atoms with Crippen molar-refractivity contribution in [3.05, 3.63) is 60.3 Å². The van der Waals surface area contributed by atoms with Gasteiger partial charge in [-0.25, -0.2) is 4.98 Å². The minimum atomic E-state index is -0.256. The zero-order chi connectivity index (χ0) is 25.7. The number of methoxy groups -OCH3 is 1. The molecule has 186 valence electrons. The topological polar surface area (TPSA) is 116 Å². The van der Waals surface area contributed by atoms with Crippen molar-refractivity contribution in [1.29, 1.82) is 5.26 Å². The predicted octanol–water partition coefficient (Wildman–Crippen LogP) is 4.06. The Hall–Kier alpha value is -4.09. The first-order valence-electron chi connectivity index (χ1n) is 12.1. The number of nitrogens with zero attached hydrogens (tertiary/aromatic N) is 3. The SMILES string of the molecule is C=C(C#N)CNc1c(OC)ccc2ccc(-c3ccc(N)c(C(=O)NCC4CCN(C)CC4)n3)cc12. The molecule has 0 unspecified atom stereocenters. The number of hydrogen-bond donors (Lipinski definition) is 3. The van der Waals surface area contributed by atoms with E-state index < -0.39 is 0 Å². The molecule has 2 aromatic carbocycles. The predicted molar refractivity (Wildman–Crippen MR) is 144 cm³/mol. The summed E-state index contributed by atoms with van der Waals surface area (Å²) in [5.41, 5.74) is 9.38. The minimum absolute atomic E-state index is 0.231. The largest absolute Gasteiger partial charge is 0.495 e. The van der Waals surface area contributed by atoms with Gasteiger partial charge in [0.15, 0.2) is 5.69 Å². The zero-order valence-corrected chi connectivity index (χ0v) is 20.8. The number of carbonyl (C=O) groups is 1. The van der Waals surface area contributed by atoms with Crippen LogP contribution < -0.4 is 21.1 Å². The third-order valence-corrected chi connectivity index (χ3v) is 6.67. The number of rotatable bonds is 8. The van der Waals surface area contributed by atoms with Crippen LogP contribution in [-0.4, -0.2) is 56.1 Å². The molecule has 0 bridgehead atoms. The van der Waals surface area contributed by atoms with E-state index in [1.54, 1.807) is 13.2 Å². The molecule has 0 atom stereocenters. The average Bonchev–Trinajstić information content (AvgIpc) is 2.90. The minimum Gasteiger partial charge on any atom is -0.495 e. The lowest BCUT2D eigenvalue weighted by Gasteiger charge is -2.28. The van der Waals surface area contributed by atoms with Gasteiger partial charge in [-0.2, -0.15) is 5.26 Å². The summed E-state index contributed by atoms with van der Waals surface area (Å²) < 4.78 is 5.55. The summed E-state index contributed by atoms with van der Waals surface area (Å²) in [4.78, 5) is 19.9. The molecule has 3 aromatic rings. The quantitative estimate of drug-likeness (QED) is 0.413. The number of pyridine rings is 1. The van der Waals surface area contributed by atoms with Crippen LogP contribution in [0.2, 0.25) is 0 Å². The van der Waals surface area contributed by atoms with Crippen molar-refractivity contribution in [2.24, 2.45) is 5.92 Å². The number of hydrogen-bond acceptors (Lipinski definition) is 7. The van der Waals surface area contributed by atoms with Crippen molar-refractivity contribution < 1.29 is 9.53 Å². The number of nitrogens with one attached hydrogen (secondary N) is 2. The fourth-order valence-electron chi connectivity index (χ4n) is 4.45. The molecule has 4 rings (SSSR count). The van der Waals surface area contributed by atoms with Crippen LogP contribution in [0.25, 0.3) is 22.0 Å². The second-order valence-electron chi connectivity index (χ2n) is 9.24. The number of ether oxygens (including phenoxy) is 1. The van der Waals surface area contributed by atoms with Crippen molar-refractivity contribution in [1.82, 2.24) is 15.2 Å². The number of nitriles is 1. The summed E-state index contributed by atoms with van der Waals surface area (Å²) in [5, 5.41) is 17.3. The molecular formula is C28H32N6O2. The number of amides is 1. The fraction of sp³-hybridized carbons (Fsp3) is 0.321. The van der Waals surface area contributed by atoms with Crippen molar-refractivity contribution in [2.45, 2.75) is 12.8 Å². The zero-order valence-electron chi connectivity index (χ0n) is 20.8. The van der Waals surface area contributed by atoms with Gasteiger partial charge >= 0.3 is 0 Å². The Labute approximate surface area is 211 Å². The van der Waals surface area contributed by atoms with Crippen LogP contribution in [0.15, 0.2) is 54.6 Å². The number of fused-ring (bicyclic) bond motifs is 1. The number of aromatic nitrogens is 1. The Bertz CT molecular complexity index is 1320. The van der Waals surface area contributed by atoms with Gasteiger partial charge in [0.25, 0.3) is 5.91 Å². The molecule has 0 radical (unpaired) electrons. The number of likely N-dealkylation sites (tertiary alicyclic amines) is 1. The van der Waals surface area contributed by atoms with Crippen LogP contribution in [0.3, 0.4) is 0 Å². The summed E-state index contributed by atoms with van der Waals surface area (Å²) in [6, 6.07) is 15.4. The summed E-state index contributed by atoms with van der Waals surface area (Å²) >= 11 is 0. The molecule has 0 spiro atoms. The number of nitrogen functional groups attached to an aromatic ring is 1. The van der Waals surface area contributed by atoms with Gasteiger partial charge in [-0.1, -0.05) is 24.8 Å². The van der Waals surface area contributed by atoms with E-state index in [1.165, 1.54) is 0 Å². The second-order valence-corrected chi connectivity index (χ2v) is 9.24. The van der Waals surface area contributed by atoms with Gasteiger partial charge in [-0.15, -0.1) is 0 Å². The molecule has 0 saturated carbocycles. The van der Waals surface area contributed by atoms with Gasteiger partial charge in [-0.05, 0) is 68.5 Å². The molecule has 1 aliphatic rings. The monoisotopic (exact) mass is 484 g/mol. The number of benzene rings is 2. The molecule has 1 aliphatic heterocycles. The molecule has 1 fully saturated rings. The standard InChI is InChI=1S/C28H32N6O2/c1-18(15-29)16-31-26-22-14-21(5-4-20(22)6-9-25(26)36-3)24-8-7-23(30)27(33-24)28(35)32-17-19-10-12-34(2)13-11-19/h4-9,14,19,31H,1,10-13,16-17,30H2,2-3H3,(H,32,35). The van der Waals surface area contributed by atoms with Crippen LogP contribution >= 0.6 is 0 Å². The third-order valence-electron chi connectivity index (χ3n) is 6.67. The van der Waals surface area contributed by atoms with Crippen molar-refractivity contribution >= 4 is 28.1 Å². The lowest BCUT2D eigenvalue weighted by Crippen LogP contribution is -2.37. The second kappa shape index (κ2) is 11.1. The summed E-state index contributed by atoms with van der Waals surface area (Å²) in [6.07, 6.45) is 2.14. The number of carbonyl (C=O) groups excluding carboxylic acids is 1. The Morgan fingerprint density at radius 2 is 2.00 bits per heavy atom. The number of piperidine rings is 1. The van der Waals surface area contributed by atoms with Crippen molar-refractivity contribution in [3.63, 3.8) is 0 Å². The third kappa shape index (κ3) is 5.58. The first kappa shape index (κ1) is 25.0. The Morgan fingerprint density at radius 1 is 1.25 bits per heavy atom. The first-order valence-corrected chi connectivity index (χ1v) is 12.1. The molecule has 8 heteroatoms. The van der Waals surface area contributed by atoms with E-state index in [4.69, 9.17) is 15.7 Å². The van der Waals surface area contributed by atoms with Crippen LogP contribution in [-0.2, 0) is 0 Å². The highest BCUT2D eigenvalue weighted by Crippen LogP contribution is 2.36. The van der Waals surface area contributed by atoms with Crippen LogP contribution in [0.1, 0.15) is 23.3 Å². The Balaban J connectivity index is 1.61. The van der Waals surface area contributed by atoms with E-state index in [0.29, 0.717) is 41.7 Å². The van der Waals surface area contributed by atoms with E-state index in [9.17, 15) is 4.79 Å². The van der Waals surface area contributed by atoms with E-state index in [1.807, 2.05) is 36.4 Å². The van der Waals surface area contributed by atoms with Gasteiger partial charge in [-0.3, -0.25) is 4.79 Å². The highest BCUT2D eigenvalue weighted by atomic mass is 16.5. The Kier molecular flexibility index (Phi) is 7.71. The van der Waals surface area contributed by atoms with Crippen LogP contribution in [0.5, 0.6) is 5.75 Å². The van der Waals surface area contributed by atoms with E-state index in [-0.39, 0.29) is 11.6 Å². The van der Waals surface area contributed by atoms with E-state index in [2.05, 4.69) is 40.2 Å². The van der Waals surface area contributed by atoms with Gasteiger partial charge < -0.3 is 26.0 Å². The number of nitrogens with two attached hydrogens (primary N) is 1. The van der Waals surface area contributed by atoms with Crippen LogP contribution in [0, 0.1) is 17.2 Å². The molecule has 36 heavy (non-hydrogen) atoms. The van der Waals surface area contributed by atoms with Crippen molar-refractivity contribution in [2.75, 3.05) is 51.4 Å². The van der Waals surface area contributed by atoms with Crippen molar-refractivity contribution in [3.8, 4) is 23.1 Å². The average molecular weight is 485 g/mol. The molecule has 0 aliphatic carbocycles. The normalized spacial score (nSPS) is 14.2.